The first kappa shape index (κ1) is 9.51. The minimum atomic E-state index is 0.996. The van der Waals surface area contributed by atoms with E-state index in [9.17, 15) is 0 Å². The molecular formula is C12H23N. The highest BCUT2D eigenvalue weighted by molar-refractivity contribution is 4.82. The fraction of sp³-hybridized carbons (Fsp3) is 1.00. The predicted octanol–water partition coefficient (Wildman–Crippen LogP) is 2.76. The topological polar surface area (TPSA) is 3.24 Å². The van der Waals surface area contributed by atoms with Gasteiger partial charge in [0, 0.05) is 6.54 Å². The van der Waals surface area contributed by atoms with Gasteiger partial charge >= 0.3 is 0 Å². The van der Waals surface area contributed by atoms with Crippen molar-refractivity contribution in [3.05, 3.63) is 0 Å². The molecule has 1 aliphatic heterocycles. The first-order chi connectivity index (χ1) is 6.25. The van der Waals surface area contributed by atoms with E-state index in [2.05, 4.69) is 18.9 Å². The van der Waals surface area contributed by atoms with Crippen molar-refractivity contribution in [2.24, 2.45) is 17.8 Å². The van der Waals surface area contributed by atoms with E-state index in [0.29, 0.717) is 0 Å². The van der Waals surface area contributed by atoms with E-state index < -0.39 is 0 Å². The van der Waals surface area contributed by atoms with E-state index in [-0.39, 0.29) is 0 Å². The van der Waals surface area contributed by atoms with Crippen LogP contribution in [0.1, 0.15) is 39.0 Å². The van der Waals surface area contributed by atoms with Crippen LogP contribution in [0, 0.1) is 17.8 Å². The van der Waals surface area contributed by atoms with Crippen LogP contribution in [0.15, 0.2) is 0 Å². The zero-order valence-electron chi connectivity index (χ0n) is 9.13. The van der Waals surface area contributed by atoms with Gasteiger partial charge in [0.25, 0.3) is 0 Å². The lowest BCUT2D eigenvalue weighted by Crippen LogP contribution is -2.37. The van der Waals surface area contributed by atoms with Gasteiger partial charge in [-0.15, -0.1) is 0 Å². The van der Waals surface area contributed by atoms with Gasteiger partial charge in [0.1, 0.15) is 0 Å². The summed E-state index contributed by atoms with van der Waals surface area (Å²) < 4.78 is 0. The maximum absolute atomic E-state index is 2.52. The van der Waals surface area contributed by atoms with Gasteiger partial charge in [-0.2, -0.15) is 0 Å². The summed E-state index contributed by atoms with van der Waals surface area (Å²) >= 11 is 0. The third-order valence-electron chi connectivity index (χ3n) is 4.15. The van der Waals surface area contributed by atoms with Crippen LogP contribution in [0.3, 0.4) is 0 Å². The quantitative estimate of drug-likeness (QED) is 0.555. The molecule has 2 rings (SSSR count). The highest BCUT2D eigenvalue weighted by Gasteiger charge is 2.29. The summed E-state index contributed by atoms with van der Waals surface area (Å²) in [7, 11) is 2.28. The molecular weight excluding hydrogens is 158 g/mol. The minimum absolute atomic E-state index is 0.996. The molecule has 1 aliphatic carbocycles. The zero-order valence-corrected chi connectivity index (χ0v) is 9.13. The monoisotopic (exact) mass is 181 g/mol. The molecule has 13 heavy (non-hydrogen) atoms. The second-order valence-corrected chi connectivity index (χ2v) is 5.33. The summed E-state index contributed by atoms with van der Waals surface area (Å²) in [6.45, 7) is 5.15. The molecule has 1 saturated carbocycles. The van der Waals surface area contributed by atoms with E-state index in [4.69, 9.17) is 0 Å². The average molecular weight is 181 g/mol. The average Bonchev–Trinajstić information content (AvgIpc) is 2.29. The second kappa shape index (κ2) is 4.00. The third kappa shape index (κ3) is 2.25. The van der Waals surface area contributed by atoms with Gasteiger partial charge in [0.2, 0.25) is 0 Å². The minimum Gasteiger partial charge on any atom is -0.306 e. The molecule has 1 saturated heterocycles. The third-order valence-corrected chi connectivity index (χ3v) is 4.15. The lowest BCUT2D eigenvalue weighted by atomic mass is 9.82. The lowest BCUT2D eigenvalue weighted by molar-refractivity contribution is 0.136. The molecule has 2 aliphatic rings. The van der Waals surface area contributed by atoms with Crippen molar-refractivity contribution in [2.75, 3.05) is 20.1 Å². The van der Waals surface area contributed by atoms with Crippen molar-refractivity contribution in [2.45, 2.75) is 39.0 Å². The van der Waals surface area contributed by atoms with Crippen LogP contribution in [-0.4, -0.2) is 25.0 Å². The Bertz CT molecular complexity index is 167. The molecule has 76 valence electrons. The van der Waals surface area contributed by atoms with Gasteiger partial charge in [0.05, 0.1) is 0 Å². The Morgan fingerprint density at radius 1 is 0.923 bits per heavy atom. The Balaban J connectivity index is 1.95. The van der Waals surface area contributed by atoms with Gasteiger partial charge < -0.3 is 4.90 Å². The van der Waals surface area contributed by atoms with Crippen molar-refractivity contribution in [3.63, 3.8) is 0 Å². The van der Waals surface area contributed by atoms with Crippen molar-refractivity contribution in [3.8, 4) is 0 Å². The number of hydrogen-bond acceptors (Lipinski definition) is 1. The maximum Gasteiger partial charge on any atom is 0.000927 e. The van der Waals surface area contributed by atoms with Crippen LogP contribution < -0.4 is 0 Å². The molecule has 1 nitrogen and oxygen atoms in total. The number of rotatable bonds is 0. The second-order valence-electron chi connectivity index (χ2n) is 5.33. The zero-order chi connectivity index (χ0) is 9.26. The van der Waals surface area contributed by atoms with Crippen LogP contribution in [0.5, 0.6) is 0 Å². The SMILES string of the molecule is CC1CCC2CCN(C)CC2CC1. The Labute approximate surface area is 82.5 Å². The predicted molar refractivity (Wildman–Crippen MR) is 56.7 cm³/mol. The first-order valence-corrected chi connectivity index (χ1v) is 5.94. The number of piperidine rings is 1. The smallest absolute Gasteiger partial charge is 0.000927 e. The standard InChI is InChI=1S/C12H23N/c1-10-3-5-11-7-8-13(2)9-12(11)6-4-10/h10-12H,3-9H2,1-2H3. The lowest BCUT2D eigenvalue weighted by Gasteiger charge is -2.35. The number of likely N-dealkylation sites (tertiary alicyclic amines) is 1. The van der Waals surface area contributed by atoms with E-state index in [1.54, 1.807) is 0 Å². The van der Waals surface area contributed by atoms with Crippen molar-refractivity contribution in [1.82, 2.24) is 4.90 Å². The molecule has 3 unspecified atom stereocenters. The number of nitrogens with zero attached hydrogens (tertiary/aromatic N) is 1. The van der Waals surface area contributed by atoms with Crippen molar-refractivity contribution in [1.29, 1.82) is 0 Å². The van der Waals surface area contributed by atoms with E-state index in [1.807, 2.05) is 0 Å². The molecule has 3 atom stereocenters. The molecule has 0 radical (unpaired) electrons. The molecule has 0 aromatic carbocycles. The summed E-state index contributed by atoms with van der Waals surface area (Å²) in [5.41, 5.74) is 0. The van der Waals surface area contributed by atoms with Crippen LogP contribution in [-0.2, 0) is 0 Å². The van der Waals surface area contributed by atoms with Crippen LogP contribution in [0.25, 0.3) is 0 Å². The molecule has 0 N–H and O–H groups in total. The van der Waals surface area contributed by atoms with Crippen molar-refractivity contribution < 1.29 is 0 Å². The summed E-state index contributed by atoms with van der Waals surface area (Å²) in [4.78, 5) is 2.52. The van der Waals surface area contributed by atoms with Gasteiger partial charge in [0.15, 0.2) is 0 Å². The Morgan fingerprint density at radius 2 is 1.62 bits per heavy atom. The number of fused-ring (bicyclic) bond motifs is 1. The molecule has 1 heterocycles. The van der Waals surface area contributed by atoms with Crippen LogP contribution in [0.2, 0.25) is 0 Å². The summed E-state index contributed by atoms with van der Waals surface area (Å²) in [5, 5.41) is 0. The van der Waals surface area contributed by atoms with Gasteiger partial charge in [-0.25, -0.2) is 0 Å². The van der Waals surface area contributed by atoms with Crippen LogP contribution >= 0.6 is 0 Å². The highest BCUT2D eigenvalue weighted by Crippen LogP contribution is 2.36. The fourth-order valence-corrected chi connectivity index (χ4v) is 3.11. The fourth-order valence-electron chi connectivity index (χ4n) is 3.11. The first-order valence-electron chi connectivity index (χ1n) is 5.94. The molecule has 1 heteroatoms. The van der Waals surface area contributed by atoms with E-state index in [1.165, 1.54) is 45.2 Å². The number of hydrogen-bond donors (Lipinski definition) is 0. The molecule has 2 fully saturated rings. The maximum atomic E-state index is 2.52. The normalized spacial score (nSPS) is 42.5. The van der Waals surface area contributed by atoms with Crippen molar-refractivity contribution >= 4 is 0 Å². The molecule has 0 amide bonds. The van der Waals surface area contributed by atoms with Gasteiger partial charge in [-0.3, -0.25) is 0 Å². The van der Waals surface area contributed by atoms with Gasteiger partial charge in [-0.05, 0) is 50.6 Å². The Kier molecular flexibility index (Phi) is 2.92. The summed E-state index contributed by atoms with van der Waals surface area (Å²) in [6.07, 6.45) is 7.45. The van der Waals surface area contributed by atoms with Gasteiger partial charge in [-0.1, -0.05) is 19.8 Å². The molecule has 0 aromatic heterocycles. The summed E-state index contributed by atoms with van der Waals surface area (Å²) in [6, 6.07) is 0. The molecule has 0 bridgehead atoms. The van der Waals surface area contributed by atoms with Crippen LogP contribution in [0.4, 0.5) is 0 Å². The Hall–Kier alpha value is -0.0400. The highest BCUT2D eigenvalue weighted by atomic mass is 15.1. The van der Waals surface area contributed by atoms with E-state index in [0.717, 1.165) is 17.8 Å². The Morgan fingerprint density at radius 3 is 2.38 bits per heavy atom. The largest absolute Gasteiger partial charge is 0.306 e. The molecule has 0 aromatic rings. The molecule has 0 spiro atoms. The van der Waals surface area contributed by atoms with E-state index >= 15 is 0 Å². The summed E-state index contributed by atoms with van der Waals surface area (Å²) in [5.74, 6) is 3.10.